The van der Waals surface area contributed by atoms with Gasteiger partial charge in [0.2, 0.25) is 0 Å². The van der Waals surface area contributed by atoms with Gasteiger partial charge in [-0.25, -0.2) is 0 Å². The molecule has 0 bridgehead atoms. The van der Waals surface area contributed by atoms with Gasteiger partial charge in [0.05, 0.1) is 11.4 Å². The van der Waals surface area contributed by atoms with E-state index in [0.717, 1.165) is 28.5 Å². The quantitative estimate of drug-likeness (QED) is 0.385. The first-order chi connectivity index (χ1) is 15.2. The Bertz CT molecular complexity index is 1120. The fourth-order valence-electron chi connectivity index (χ4n) is 3.05. The fourth-order valence-corrected chi connectivity index (χ4v) is 3.76. The van der Waals surface area contributed by atoms with E-state index in [2.05, 4.69) is 34.6 Å². The van der Waals surface area contributed by atoms with Gasteiger partial charge in [0.1, 0.15) is 10.8 Å². The minimum Gasteiger partial charge on any atom is -0.455 e. The zero-order valence-corrected chi connectivity index (χ0v) is 18.1. The van der Waals surface area contributed by atoms with Crippen molar-refractivity contribution >= 4 is 17.7 Å². The first-order valence-corrected chi connectivity index (χ1v) is 11.1. The summed E-state index contributed by atoms with van der Waals surface area (Å²) < 4.78 is 5.69. The van der Waals surface area contributed by atoms with Gasteiger partial charge in [-0.3, -0.25) is 4.79 Å². The Morgan fingerprint density at radius 3 is 2.48 bits per heavy atom. The number of thioether (sulfide) groups is 1. The van der Waals surface area contributed by atoms with Crippen molar-refractivity contribution in [1.29, 1.82) is 0 Å². The van der Waals surface area contributed by atoms with Crippen molar-refractivity contribution in [3.63, 3.8) is 0 Å². The van der Waals surface area contributed by atoms with Crippen LogP contribution in [0, 0.1) is 6.92 Å². The van der Waals surface area contributed by atoms with Crippen LogP contribution in [0.4, 0.5) is 0 Å². The van der Waals surface area contributed by atoms with Crippen LogP contribution in [0.25, 0.3) is 11.3 Å². The number of aromatic nitrogens is 2. The highest BCUT2D eigenvalue weighted by Crippen LogP contribution is 2.24. The van der Waals surface area contributed by atoms with Crippen LogP contribution < -0.4 is 5.32 Å². The fraction of sp³-hybridized carbons (Fsp3) is 0.160. The zero-order valence-electron chi connectivity index (χ0n) is 17.2. The average molecular weight is 430 g/mol. The molecular weight excluding hydrogens is 406 g/mol. The number of furan rings is 1. The van der Waals surface area contributed by atoms with E-state index < -0.39 is 0 Å². The van der Waals surface area contributed by atoms with Crippen LogP contribution in [0.2, 0.25) is 0 Å². The molecule has 6 heteroatoms. The second kappa shape index (κ2) is 10.1. The summed E-state index contributed by atoms with van der Waals surface area (Å²) in [6.45, 7) is 2.63. The number of hydrogen-bond donors (Lipinski definition) is 1. The second-order valence-corrected chi connectivity index (χ2v) is 8.16. The largest absolute Gasteiger partial charge is 0.455 e. The lowest BCUT2D eigenvalue weighted by Crippen LogP contribution is -2.25. The molecule has 2 aromatic heterocycles. The van der Waals surface area contributed by atoms with Crippen LogP contribution in [0.15, 0.2) is 88.3 Å². The highest BCUT2D eigenvalue weighted by Gasteiger charge is 2.11. The van der Waals surface area contributed by atoms with Crippen molar-refractivity contribution in [2.24, 2.45) is 0 Å². The molecule has 4 aromatic rings. The first kappa shape index (κ1) is 20.9. The molecule has 0 radical (unpaired) electrons. The van der Waals surface area contributed by atoms with Crippen LogP contribution in [0.1, 0.15) is 27.4 Å². The first-order valence-electron chi connectivity index (χ1n) is 10.1. The molecule has 0 aliphatic rings. The Morgan fingerprint density at radius 1 is 0.935 bits per heavy atom. The molecule has 4 rings (SSSR count). The SMILES string of the molecule is Cc1ccc(-c2ccc(SCc3ccc(C(=O)NCCc4ccccc4)o3)nn2)cc1. The van der Waals surface area contributed by atoms with Crippen molar-refractivity contribution in [3.05, 3.63) is 102 Å². The summed E-state index contributed by atoms with van der Waals surface area (Å²) in [6.07, 6.45) is 0.785. The molecule has 0 spiro atoms. The number of nitrogens with one attached hydrogen (secondary N) is 1. The second-order valence-electron chi connectivity index (χ2n) is 7.17. The number of hydrogen-bond acceptors (Lipinski definition) is 5. The summed E-state index contributed by atoms with van der Waals surface area (Å²) in [5, 5.41) is 12.3. The van der Waals surface area contributed by atoms with Crippen molar-refractivity contribution in [3.8, 4) is 11.3 Å². The highest BCUT2D eigenvalue weighted by molar-refractivity contribution is 7.98. The van der Waals surface area contributed by atoms with Gasteiger partial charge in [0, 0.05) is 12.1 Å². The van der Waals surface area contributed by atoms with Gasteiger partial charge in [-0.1, -0.05) is 71.9 Å². The molecule has 156 valence electrons. The average Bonchev–Trinajstić information content (AvgIpc) is 3.29. The topological polar surface area (TPSA) is 68.0 Å². The van der Waals surface area contributed by atoms with E-state index in [1.54, 1.807) is 6.07 Å². The number of benzene rings is 2. The van der Waals surface area contributed by atoms with Crippen LogP contribution in [-0.4, -0.2) is 22.6 Å². The zero-order chi connectivity index (χ0) is 21.5. The molecule has 31 heavy (non-hydrogen) atoms. The number of aryl methyl sites for hydroxylation is 1. The number of nitrogens with zero attached hydrogens (tertiary/aromatic N) is 2. The van der Waals surface area contributed by atoms with Crippen molar-refractivity contribution < 1.29 is 9.21 Å². The molecule has 1 N–H and O–H groups in total. The van der Waals surface area contributed by atoms with Crippen LogP contribution in [-0.2, 0) is 12.2 Å². The molecule has 0 saturated carbocycles. The summed E-state index contributed by atoms with van der Waals surface area (Å²) in [4.78, 5) is 12.3. The maximum Gasteiger partial charge on any atom is 0.287 e. The highest BCUT2D eigenvalue weighted by atomic mass is 32.2. The van der Waals surface area contributed by atoms with Crippen molar-refractivity contribution in [2.75, 3.05) is 6.54 Å². The monoisotopic (exact) mass is 429 g/mol. The molecule has 0 atom stereocenters. The summed E-state index contributed by atoms with van der Waals surface area (Å²) in [5.41, 5.74) is 4.29. The van der Waals surface area contributed by atoms with Gasteiger partial charge in [0.25, 0.3) is 5.91 Å². The predicted molar refractivity (Wildman–Crippen MR) is 123 cm³/mol. The summed E-state index contributed by atoms with van der Waals surface area (Å²) in [6, 6.07) is 25.7. The molecule has 0 fully saturated rings. The Hall–Kier alpha value is -3.38. The van der Waals surface area contributed by atoms with Gasteiger partial charge >= 0.3 is 0 Å². The van der Waals surface area contributed by atoms with E-state index in [4.69, 9.17) is 4.42 Å². The number of carbonyl (C=O) groups excluding carboxylic acids is 1. The van der Waals surface area contributed by atoms with Crippen molar-refractivity contribution in [1.82, 2.24) is 15.5 Å². The molecule has 0 aliphatic carbocycles. The van der Waals surface area contributed by atoms with Gasteiger partial charge in [-0.15, -0.1) is 10.2 Å². The maximum absolute atomic E-state index is 12.3. The standard InChI is InChI=1S/C25H23N3O2S/c1-18-7-9-20(10-8-18)22-12-14-24(28-27-22)31-17-21-11-13-23(30-21)25(29)26-16-15-19-5-3-2-4-6-19/h2-14H,15-17H2,1H3,(H,26,29). The Labute approximate surface area is 185 Å². The third kappa shape index (κ3) is 5.83. The van der Waals surface area contributed by atoms with Crippen LogP contribution >= 0.6 is 11.8 Å². The smallest absolute Gasteiger partial charge is 0.287 e. The lowest BCUT2D eigenvalue weighted by atomic mass is 10.1. The maximum atomic E-state index is 12.3. The minimum absolute atomic E-state index is 0.200. The van der Waals surface area contributed by atoms with E-state index in [1.807, 2.05) is 60.7 Å². The summed E-state index contributed by atoms with van der Waals surface area (Å²) in [7, 11) is 0. The molecule has 0 unspecified atom stereocenters. The van der Waals surface area contributed by atoms with Gasteiger partial charge < -0.3 is 9.73 Å². The molecule has 2 heterocycles. The van der Waals surface area contributed by atoms with E-state index in [9.17, 15) is 4.79 Å². The van der Waals surface area contributed by atoms with Crippen molar-refractivity contribution in [2.45, 2.75) is 24.1 Å². The van der Waals surface area contributed by atoms with E-state index in [1.165, 1.54) is 22.9 Å². The third-order valence-electron chi connectivity index (χ3n) is 4.78. The normalized spacial score (nSPS) is 10.7. The lowest BCUT2D eigenvalue weighted by Gasteiger charge is -2.04. The lowest BCUT2D eigenvalue weighted by molar-refractivity contribution is 0.0925. The molecule has 2 aromatic carbocycles. The van der Waals surface area contributed by atoms with Gasteiger partial charge in [-0.05, 0) is 43.2 Å². The van der Waals surface area contributed by atoms with E-state index >= 15 is 0 Å². The summed E-state index contributed by atoms with van der Waals surface area (Å²) >= 11 is 1.52. The Morgan fingerprint density at radius 2 is 1.74 bits per heavy atom. The molecular formula is C25H23N3O2S. The Balaban J connectivity index is 1.27. The minimum atomic E-state index is -0.200. The van der Waals surface area contributed by atoms with Crippen LogP contribution in [0.3, 0.4) is 0 Å². The molecule has 5 nitrogen and oxygen atoms in total. The molecule has 0 aliphatic heterocycles. The summed E-state index contributed by atoms with van der Waals surface area (Å²) in [5.74, 6) is 1.43. The Kier molecular flexibility index (Phi) is 6.79. The number of rotatable bonds is 8. The van der Waals surface area contributed by atoms with Crippen LogP contribution in [0.5, 0.6) is 0 Å². The van der Waals surface area contributed by atoms with E-state index in [-0.39, 0.29) is 5.91 Å². The van der Waals surface area contributed by atoms with Gasteiger partial charge in [0.15, 0.2) is 5.76 Å². The molecule has 0 saturated heterocycles. The van der Waals surface area contributed by atoms with Gasteiger partial charge in [-0.2, -0.15) is 0 Å². The predicted octanol–water partition coefficient (Wildman–Crippen LogP) is 5.31. The number of carbonyl (C=O) groups is 1. The molecule has 1 amide bonds. The number of amides is 1. The van der Waals surface area contributed by atoms with E-state index in [0.29, 0.717) is 18.1 Å². The third-order valence-corrected chi connectivity index (χ3v) is 5.72.